The molecular formula is C23H26N2O3S. The van der Waals surface area contributed by atoms with Crippen LogP contribution in [0.3, 0.4) is 0 Å². The van der Waals surface area contributed by atoms with Crippen LogP contribution in [0, 0.1) is 0 Å². The van der Waals surface area contributed by atoms with Crippen LogP contribution in [0.15, 0.2) is 71.6 Å². The van der Waals surface area contributed by atoms with Crippen molar-refractivity contribution in [1.29, 1.82) is 0 Å². The predicted octanol–water partition coefficient (Wildman–Crippen LogP) is 4.19. The number of sulfonamides is 1. The number of fused-ring (bicyclic) bond motifs is 1. The minimum absolute atomic E-state index is 0.144. The van der Waals surface area contributed by atoms with Crippen molar-refractivity contribution in [3.05, 3.63) is 77.9 Å². The zero-order chi connectivity index (χ0) is 21.0. The summed E-state index contributed by atoms with van der Waals surface area (Å²) in [6.07, 6.45) is 0.704. The Morgan fingerprint density at radius 3 is 2.31 bits per heavy atom. The molecule has 0 aliphatic heterocycles. The van der Waals surface area contributed by atoms with Crippen LogP contribution in [0.5, 0.6) is 0 Å². The van der Waals surface area contributed by atoms with Crippen molar-refractivity contribution >= 4 is 26.7 Å². The number of carbonyl (C=O) groups excluding carboxylic acids is 1. The van der Waals surface area contributed by atoms with E-state index in [-0.39, 0.29) is 16.8 Å². The van der Waals surface area contributed by atoms with E-state index in [2.05, 4.69) is 16.9 Å². The van der Waals surface area contributed by atoms with E-state index >= 15 is 0 Å². The van der Waals surface area contributed by atoms with Crippen molar-refractivity contribution < 1.29 is 13.2 Å². The topological polar surface area (TPSA) is 66.5 Å². The van der Waals surface area contributed by atoms with Crippen molar-refractivity contribution in [2.24, 2.45) is 0 Å². The standard InChI is InChI=1S/C23H26N2O3S/c1-4-17(2)24-29(27,28)22-13-11-20(12-14-22)23(26)25(3)16-18-9-10-19-7-5-6-8-21(19)15-18/h5-15,17,24H,4,16H2,1-3H3. The van der Waals surface area contributed by atoms with E-state index in [9.17, 15) is 13.2 Å². The van der Waals surface area contributed by atoms with Gasteiger partial charge >= 0.3 is 0 Å². The average Bonchev–Trinajstić information content (AvgIpc) is 2.72. The summed E-state index contributed by atoms with van der Waals surface area (Å²) in [5.74, 6) is -0.156. The van der Waals surface area contributed by atoms with Gasteiger partial charge in [-0.05, 0) is 60.0 Å². The predicted molar refractivity (Wildman–Crippen MR) is 116 cm³/mol. The van der Waals surface area contributed by atoms with E-state index in [1.165, 1.54) is 12.1 Å². The number of hydrogen-bond acceptors (Lipinski definition) is 3. The van der Waals surface area contributed by atoms with Gasteiger partial charge in [0.25, 0.3) is 5.91 Å². The Kier molecular flexibility index (Phi) is 6.35. The summed E-state index contributed by atoms with van der Waals surface area (Å²) >= 11 is 0. The van der Waals surface area contributed by atoms with Gasteiger partial charge in [0, 0.05) is 25.2 Å². The lowest BCUT2D eigenvalue weighted by Gasteiger charge is -2.18. The second kappa shape index (κ2) is 8.76. The first kappa shape index (κ1) is 21.0. The molecule has 1 atom stereocenters. The highest BCUT2D eigenvalue weighted by molar-refractivity contribution is 7.89. The Hall–Kier alpha value is -2.70. The molecule has 1 N–H and O–H groups in total. The van der Waals surface area contributed by atoms with Crippen molar-refractivity contribution in [3.8, 4) is 0 Å². The summed E-state index contributed by atoms with van der Waals surface area (Å²) in [4.78, 5) is 14.5. The van der Waals surface area contributed by atoms with Gasteiger partial charge in [0.2, 0.25) is 10.0 Å². The molecule has 5 nitrogen and oxygen atoms in total. The summed E-state index contributed by atoms with van der Waals surface area (Å²) in [5.41, 5.74) is 1.49. The third-order valence-electron chi connectivity index (χ3n) is 4.96. The molecule has 3 rings (SSSR count). The molecule has 0 spiro atoms. The normalized spacial score (nSPS) is 12.7. The minimum Gasteiger partial charge on any atom is -0.337 e. The highest BCUT2D eigenvalue weighted by Gasteiger charge is 2.18. The quantitative estimate of drug-likeness (QED) is 0.635. The van der Waals surface area contributed by atoms with Crippen LogP contribution in [0.2, 0.25) is 0 Å². The lowest BCUT2D eigenvalue weighted by atomic mass is 10.1. The lowest BCUT2D eigenvalue weighted by Crippen LogP contribution is -2.32. The van der Waals surface area contributed by atoms with E-state index in [4.69, 9.17) is 0 Å². The Balaban J connectivity index is 1.72. The summed E-state index contributed by atoms with van der Waals surface area (Å²) in [6, 6.07) is 20.2. The first-order valence-electron chi connectivity index (χ1n) is 9.65. The molecule has 0 fully saturated rings. The largest absolute Gasteiger partial charge is 0.337 e. The fourth-order valence-corrected chi connectivity index (χ4v) is 4.42. The number of nitrogens with one attached hydrogen (secondary N) is 1. The molecule has 152 valence electrons. The molecule has 0 heterocycles. The zero-order valence-corrected chi connectivity index (χ0v) is 17.7. The van der Waals surface area contributed by atoms with Crippen molar-refractivity contribution in [1.82, 2.24) is 9.62 Å². The molecule has 0 saturated heterocycles. The minimum atomic E-state index is -3.58. The molecule has 0 saturated carbocycles. The summed E-state index contributed by atoms with van der Waals surface area (Å²) in [5, 5.41) is 2.29. The molecule has 1 unspecified atom stereocenters. The van der Waals surface area contributed by atoms with Crippen molar-refractivity contribution in [3.63, 3.8) is 0 Å². The number of nitrogens with zero attached hydrogens (tertiary/aromatic N) is 1. The van der Waals surface area contributed by atoms with Gasteiger partial charge < -0.3 is 4.90 Å². The van der Waals surface area contributed by atoms with Crippen molar-refractivity contribution in [2.45, 2.75) is 37.8 Å². The lowest BCUT2D eigenvalue weighted by molar-refractivity contribution is 0.0785. The molecule has 0 aromatic heterocycles. The van der Waals surface area contributed by atoms with Gasteiger partial charge in [0.05, 0.1) is 4.90 Å². The average molecular weight is 411 g/mol. The van der Waals surface area contributed by atoms with Gasteiger partial charge in [-0.3, -0.25) is 4.79 Å². The maximum absolute atomic E-state index is 12.8. The second-order valence-corrected chi connectivity index (χ2v) is 9.01. The SMILES string of the molecule is CCC(C)NS(=O)(=O)c1ccc(C(=O)N(C)Cc2ccc3ccccc3c2)cc1. The summed E-state index contributed by atoms with van der Waals surface area (Å²) < 4.78 is 27.3. The maximum atomic E-state index is 12.8. The molecule has 1 amide bonds. The smallest absolute Gasteiger partial charge is 0.253 e. The Labute approximate surface area is 172 Å². The second-order valence-electron chi connectivity index (χ2n) is 7.30. The maximum Gasteiger partial charge on any atom is 0.253 e. The highest BCUT2D eigenvalue weighted by Crippen LogP contribution is 2.18. The Morgan fingerprint density at radius 2 is 1.66 bits per heavy atom. The van der Waals surface area contributed by atoms with Crippen LogP contribution in [0.1, 0.15) is 36.2 Å². The number of hydrogen-bond donors (Lipinski definition) is 1. The molecule has 3 aromatic carbocycles. The first-order chi connectivity index (χ1) is 13.8. The first-order valence-corrected chi connectivity index (χ1v) is 11.1. The number of carbonyl (C=O) groups is 1. The van der Waals surface area contributed by atoms with Crippen LogP contribution < -0.4 is 4.72 Å². The summed E-state index contributed by atoms with van der Waals surface area (Å²) in [6.45, 7) is 4.21. The van der Waals surface area contributed by atoms with E-state index in [0.29, 0.717) is 18.5 Å². The molecule has 3 aromatic rings. The van der Waals surface area contributed by atoms with Crippen LogP contribution in [0.4, 0.5) is 0 Å². The van der Waals surface area contributed by atoms with Gasteiger partial charge in [-0.1, -0.05) is 43.3 Å². The molecule has 0 aliphatic rings. The fraction of sp³-hybridized carbons (Fsp3) is 0.261. The zero-order valence-electron chi connectivity index (χ0n) is 16.9. The van der Waals surface area contributed by atoms with Crippen LogP contribution in [-0.2, 0) is 16.6 Å². The number of benzene rings is 3. The number of amides is 1. The molecule has 0 bridgehead atoms. The molecule has 6 heteroatoms. The fourth-order valence-electron chi connectivity index (χ4n) is 3.10. The molecule has 0 radical (unpaired) electrons. The van der Waals surface area contributed by atoms with E-state index in [1.54, 1.807) is 24.1 Å². The third-order valence-corrected chi connectivity index (χ3v) is 6.57. The van der Waals surface area contributed by atoms with Crippen LogP contribution in [0.25, 0.3) is 10.8 Å². The highest BCUT2D eigenvalue weighted by atomic mass is 32.2. The molecule has 29 heavy (non-hydrogen) atoms. The monoisotopic (exact) mass is 410 g/mol. The van der Waals surface area contributed by atoms with E-state index in [0.717, 1.165) is 16.3 Å². The summed E-state index contributed by atoms with van der Waals surface area (Å²) in [7, 11) is -1.84. The number of rotatable bonds is 7. The van der Waals surface area contributed by atoms with E-state index in [1.807, 2.05) is 44.2 Å². The van der Waals surface area contributed by atoms with Crippen LogP contribution >= 0.6 is 0 Å². The van der Waals surface area contributed by atoms with E-state index < -0.39 is 10.0 Å². The Morgan fingerprint density at radius 1 is 1.00 bits per heavy atom. The third kappa shape index (κ3) is 5.02. The van der Waals surface area contributed by atoms with Gasteiger partial charge in [0.15, 0.2) is 0 Å². The van der Waals surface area contributed by atoms with Gasteiger partial charge in [0.1, 0.15) is 0 Å². The van der Waals surface area contributed by atoms with Gasteiger partial charge in [-0.25, -0.2) is 13.1 Å². The Bertz CT molecular complexity index is 1110. The molecule has 0 aliphatic carbocycles. The van der Waals surface area contributed by atoms with Crippen molar-refractivity contribution in [2.75, 3.05) is 7.05 Å². The van der Waals surface area contributed by atoms with Crippen LogP contribution in [-0.4, -0.2) is 32.3 Å². The van der Waals surface area contributed by atoms with Gasteiger partial charge in [-0.15, -0.1) is 0 Å². The van der Waals surface area contributed by atoms with Gasteiger partial charge in [-0.2, -0.15) is 0 Å². The molecular weight excluding hydrogens is 384 g/mol.